The number of carbonyl (C=O) groups excluding carboxylic acids is 1. The molecule has 0 aliphatic carbocycles. The summed E-state index contributed by atoms with van der Waals surface area (Å²) in [5, 5.41) is 3.40. The molecule has 4 heteroatoms. The maximum atomic E-state index is 12.4. The molecule has 3 rings (SSSR count). The molecule has 0 bridgehead atoms. The van der Waals surface area contributed by atoms with Crippen molar-refractivity contribution in [3.8, 4) is 0 Å². The second-order valence-corrected chi connectivity index (χ2v) is 6.45. The van der Waals surface area contributed by atoms with Crippen molar-refractivity contribution in [2.24, 2.45) is 0 Å². The van der Waals surface area contributed by atoms with E-state index in [1.807, 2.05) is 0 Å². The van der Waals surface area contributed by atoms with E-state index in [4.69, 9.17) is 0 Å². The zero-order valence-corrected chi connectivity index (χ0v) is 13.2. The minimum atomic E-state index is 0.0410. The first-order chi connectivity index (χ1) is 10.1. The molecule has 0 aromatic heterocycles. The van der Waals surface area contributed by atoms with E-state index in [9.17, 15) is 4.79 Å². The van der Waals surface area contributed by atoms with Gasteiger partial charge < -0.3 is 9.80 Å². The Morgan fingerprint density at radius 1 is 1.29 bits per heavy atom. The maximum absolute atomic E-state index is 12.4. The van der Waals surface area contributed by atoms with E-state index >= 15 is 0 Å². The average Bonchev–Trinajstić information content (AvgIpc) is 2.84. The van der Waals surface area contributed by atoms with Gasteiger partial charge in [0.15, 0.2) is 0 Å². The molecule has 3 unspecified atom stereocenters. The van der Waals surface area contributed by atoms with Crippen molar-refractivity contribution in [3.05, 3.63) is 35.4 Å². The van der Waals surface area contributed by atoms with Gasteiger partial charge in [0.1, 0.15) is 6.17 Å². The molecule has 21 heavy (non-hydrogen) atoms. The Kier molecular flexibility index (Phi) is 4.00. The lowest BCUT2D eigenvalue weighted by Crippen LogP contribution is -2.49. The standard InChI is InChI=1S/C17H25N3O/c1-12-6-4-5-7-15(12)17-18-11-16(21)20(17)14-8-9-19(3)13(2)10-14/h4-7,13-14,17-18H,8-11H2,1-3H3. The fraction of sp³-hybridized carbons (Fsp3) is 0.588. The van der Waals surface area contributed by atoms with Gasteiger partial charge in [-0.1, -0.05) is 24.3 Å². The van der Waals surface area contributed by atoms with Crippen LogP contribution in [0.25, 0.3) is 0 Å². The van der Waals surface area contributed by atoms with E-state index < -0.39 is 0 Å². The van der Waals surface area contributed by atoms with E-state index in [2.05, 4.69) is 60.3 Å². The molecule has 3 atom stereocenters. The summed E-state index contributed by atoms with van der Waals surface area (Å²) in [7, 11) is 2.17. The van der Waals surface area contributed by atoms with Gasteiger partial charge in [-0.3, -0.25) is 10.1 Å². The molecular weight excluding hydrogens is 262 g/mol. The third-order valence-electron chi connectivity index (χ3n) is 5.07. The first-order valence-electron chi connectivity index (χ1n) is 7.88. The lowest BCUT2D eigenvalue weighted by molar-refractivity contribution is -0.131. The number of amides is 1. The molecule has 0 saturated carbocycles. The van der Waals surface area contributed by atoms with Gasteiger partial charge >= 0.3 is 0 Å². The smallest absolute Gasteiger partial charge is 0.238 e. The minimum absolute atomic E-state index is 0.0410. The predicted octanol–water partition coefficient (Wildman–Crippen LogP) is 1.91. The number of hydrogen-bond donors (Lipinski definition) is 1. The Bertz CT molecular complexity index is 531. The quantitative estimate of drug-likeness (QED) is 0.902. The second kappa shape index (κ2) is 5.78. The number of nitrogens with one attached hydrogen (secondary N) is 1. The van der Waals surface area contributed by atoms with Crippen LogP contribution in [0.2, 0.25) is 0 Å². The summed E-state index contributed by atoms with van der Waals surface area (Å²) in [5.41, 5.74) is 2.48. The van der Waals surface area contributed by atoms with Crippen molar-refractivity contribution in [1.82, 2.24) is 15.1 Å². The molecule has 0 radical (unpaired) electrons. The molecule has 1 aromatic rings. The first kappa shape index (κ1) is 14.5. The number of hydrogen-bond acceptors (Lipinski definition) is 3. The van der Waals surface area contributed by atoms with E-state index in [0.717, 1.165) is 19.4 Å². The van der Waals surface area contributed by atoms with Gasteiger partial charge in [-0.15, -0.1) is 0 Å². The highest BCUT2D eigenvalue weighted by Gasteiger charge is 2.39. The van der Waals surface area contributed by atoms with Crippen molar-refractivity contribution in [3.63, 3.8) is 0 Å². The fourth-order valence-corrected chi connectivity index (χ4v) is 3.60. The normalized spacial score (nSPS) is 30.9. The zero-order valence-electron chi connectivity index (χ0n) is 13.2. The Morgan fingerprint density at radius 2 is 2.05 bits per heavy atom. The Hall–Kier alpha value is -1.39. The number of rotatable bonds is 2. The number of benzene rings is 1. The second-order valence-electron chi connectivity index (χ2n) is 6.45. The molecule has 114 valence electrons. The average molecular weight is 287 g/mol. The molecule has 1 aromatic carbocycles. The van der Waals surface area contributed by atoms with Crippen molar-refractivity contribution >= 4 is 5.91 Å². The third-order valence-corrected chi connectivity index (χ3v) is 5.07. The molecule has 2 aliphatic rings. The van der Waals surface area contributed by atoms with E-state index in [1.54, 1.807) is 0 Å². The number of likely N-dealkylation sites (tertiary alicyclic amines) is 1. The highest BCUT2D eigenvalue weighted by molar-refractivity contribution is 5.81. The molecule has 4 nitrogen and oxygen atoms in total. The molecule has 2 heterocycles. The van der Waals surface area contributed by atoms with Crippen LogP contribution in [0.1, 0.15) is 37.1 Å². The van der Waals surface area contributed by atoms with Crippen LogP contribution in [0.15, 0.2) is 24.3 Å². The van der Waals surface area contributed by atoms with Crippen LogP contribution in [0.4, 0.5) is 0 Å². The Labute approximate surface area is 127 Å². The summed E-state index contributed by atoms with van der Waals surface area (Å²) in [6.07, 6.45) is 2.17. The van der Waals surface area contributed by atoms with Gasteiger partial charge in [0.05, 0.1) is 6.54 Å². The zero-order chi connectivity index (χ0) is 15.0. The van der Waals surface area contributed by atoms with E-state index in [0.29, 0.717) is 18.6 Å². The van der Waals surface area contributed by atoms with Crippen molar-refractivity contribution < 1.29 is 4.79 Å². The van der Waals surface area contributed by atoms with Crippen molar-refractivity contribution in [2.75, 3.05) is 20.1 Å². The summed E-state index contributed by atoms with van der Waals surface area (Å²) in [6.45, 7) is 5.90. The Balaban J connectivity index is 1.85. The number of aryl methyl sites for hydroxylation is 1. The van der Waals surface area contributed by atoms with Crippen LogP contribution < -0.4 is 5.32 Å². The third kappa shape index (κ3) is 2.70. The van der Waals surface area contributed by atoms with Crippen LogP contribution >= 0.6 is 0 Å². The topological polar surface area (TPSA) is 35.6 Å². The van der Waals surface area contributed by atoms with Crippen molar-refractivity contribution in [2.45, 2.75) is 44.9 Å². The van der Waals surface area contributed by atoms with Gasteiger partial charge in [0.2, 0.25) is 5.91 Å². The van der Waals surface area contributed by atoms with Gasteiger partial charge in [-0.2, -0.15) is 0 Å². The molecular formula is C17H25N3O. The monoisotopic (exact) mass is 287 g/mol. The largest absolute Gasteiger partial charge is 0.319 e. The minimum Gasteiger partial charge on any atom is -0.319 e. The van der Waals surface area contributed by atoms with E-state index in [1.165, 1.54) is 11.1 Å². The summed E-state index contributed by atoms with van der Waals surface area (Å²) >= 11 is 0. The Morgan fingerprint density at radius 3 is 2.76 bits per heavy atom. The number of piperidine rings is 1. The lowest BCUT2D eigenvalue weighted by Gasteiger charge is -2.41. The van der Waals surface area contributed by atoms with Crippen LogP contribution in [-0.2, 0) is 4.79 Å². The molecule has 2 saturated heterocycles. The molecule has 1 N–H and O–H groups in total. The van der Waals surface area contributed by atoms with Crippen LogP contribution in [0.3, 0.4) is 0 Å². The molecule has 2 aliphatic heterocycles. The lowest BCUT2D eigenvalue weighted by atomic mass is 9.96. The molecule has 1 amide bonds. The van der Waals surface area contributed by atoms with Crippen LogP contribution in [0, 0.1) is 6.92 Å². The predicted molar refractivity (Wildman–Crippen MR) is 83.9 cm³/mol. The number of carbonyl (C=O) groups is 1. The van der Waals surface area contributed by atoms with Gasteiger partial charge in [0.25, 0.3) is 0 Å². The SMILES string of the molecule is Cc1ccccc1C1NCC(=O)N1C1CCN(C)C(C)C1. The summed E-state index contributed by atoms with van der Waals surface area (Å²) in [4.78, 5) is 16.9. The van der Waals surface area contributed by atoms with Gasteiger partial charge in [-0.05, 0) is 44.9 Å². The van der Waals surface area contributed by atoms with Gasteiger partial charge in [0, 0.05) is 18.6 Å². The maximum Gasteiger partial charge on any atom is 0.238 e. The summed E-state index contributed by atoms with van der Waals surface area (Å²) in [5.74, 6) is 0.241. The summed E-state index contributed by atoms with van der Waals surface area (Å²) in [6, 6.07) is 9.25. The first-order valence-corrected chi connectivity index (χ1v) is 7.88. The molecule has 0 spiro atoms. The van der Waals surface area contributed by atoms with E-state index in [-0.39, 0.29) is 12.1 Å². The highest BCUT2D eigenvalue weighted by atomic mass is 16.2. The van der Waals surface area contributed by atoms with Crippen LogP contribution in [0.5, 0.6) is 0 Å². The number of nitrogens with zero attached hydrogens (tertiary/aromatic N) is 2. The molecule has 2 fully saturated rings. The van der Waals surface area contributed by atoms with Crippen LogP contribution in [-0.4, -0.2) is 47.9 Å². The summed E-state index contributed by atoms with van der Waals surface area (Å²) < 4.78 is 0. The highest BCUT2D eigenvalue weighted by Crippen LogP contribution is 2.31. The van der Waals surface area contributed by atoms with Crippen molar-refractivity contribution in [1.29, 1.82) is 0 Å². The fourth-order valence-electron chi connectivity index (χ4n) is 3.60. The van der Waals surface area contributed by atoms with Gasteiger partial charge in [-0.25, -0.2) is 0 Å².